The minimum atomic E-state index is 0.0836. The molecule has 4 heteroatoms. The van der Waals surface area contributed by atoms with Crippen LogP contribution in [0.1, 0.15) is 58.1 Å². The molecule has 1 fully saturated rings. The molecule has 20 heavy (non-hydrogen) atoms. The Bertz CT molecular complexity index is 385. The van der Waals surface area contributed by atoms with Gasteiger partial charge in [-0.2, -0.15) is 0 Å². The van der Waals surface area contributed by atoms with Crippen LogP contribution in [0.4, 0.5) is 0 Å². The molecule has 1 aromatic rings. The predicted octanol–water partition coefficient (Wildman–Crippen LogP) is 2.78. The fourth-order valence-electron chi connectivity index (χ4n) is 3.18. The molecule has 1 saturated heterocycles. The summed E-state index contributed by atoms with van der Waals surface area (Å²) < 4.78 is 0. The maximum absolute atomic E-state index is 4.20. The Hall–Kier alpha value is -1.00. The molecule has 1 N–H and O–H groups in total. The van der Waals surface area contributed by atoms with Crippen LogP contribution in [0, 0.1) is 0 Å². The largest absolute Gasteiger partial charge is 0.308 e. The predicted molar refractivity (Wildman–Crippen MR) is 82.6 cm³/mol. The SMILES string of the molecule is CCCNC(c1cncnc1)C(C)(C)N1CCCCC1. The number of piperidine rings is 1. The van der Waals surface area contributed by atoms with Crippen molar-refractivity contribution >= 4 is 0 Å². The zero-order chi connectivity index (χ0) is 14.4. The van der Waals surface area contributed by atoms with Gasteiger partial charge in [-0.1, -0.05) is 13.3 Å². The maximum atomic E-state index is 4.20. The third kappa shape index (κ3) is 3.55. The van der Waals surface area contributed by atoms with Crippen molar-refractivity contribution in [1.82, 2.24) is 20.2 Å². The number of nitrogens with zero attached hydrogens (tertiary/aromatic N) is 3. The minimum absolute atomic E-state index is 0.0836. The highest BCUT2D eigenvalue weighted by Crippen LogP contribution is 2.32. The van der Waals surface area contributed by atoms with Crippen molar-refractivity contribution < 1.29 is 0 Å². The monoisotopic (exact) mass is 276 g/mol. The second-order valence-corrected chi connectivity index (χ2v) is 6.26. The van der Waals surface area contributed by atoms with Crippen LogP contribution in [-0.2, 0) is 0 Å². The zero-order valence-corrected chi connectivity index (χ0v) is 13.1. The minimum Gasteiger partial charge on any atom is -0.308 e. The topological polar surface area (TPSA) is 41.1 Å². The van der Waals surface area contributed by atoms with E-state index in [1.807, 2.05) is 12.4 Å². The maximum Gasteiger partial charge on any atom is 0.115 e. The summed E-state index contributed by atoms with van der Waals surface area (Å²) in [6, 6.07) is 0.279. The summed E-state index contributed by atoms with van der Waals surface area (Å²) in [5.74, 6) is 0. The summed E-state index contributed by atoms with van der Waals surface area (Å²) >= 11 is 0. The molecule has 112 valence electrons. The molecule has 4 nitrogen and oxygen atoms in total. The van der Waals surface area contributed by atoms with Crippen LogP contribution >= 0.6 is 0 Å². The Morgan fingerprint density at radius 2 is 1.85 bits per heavy atom. The normalized spacial score (nSPS) is 18.9. The molecule has 1 unspecified atom stereocenters. The molecule has 2 rings (SSSR count). The Balaban J connectivity index is 2.19. The molecule has 1 atom stereocenters. The van der Waals surface area contributed by atoms with E-state index in [-0.39, 0.29) is 11.6 Å². The van der Waals surface area contributed by atoms with Crippen molar-refractivity contribution in [2.75, 3.05) is 19.6 Å². The summed E-state index contributed by atoms with van der Waals surface area (Å²) in [4.78, 5) is 11.0. The molecule has 0 aromatic carbocycles. The van der Waals surface area contributed by atoms with Crippen LogP contribution < -0.4 is 5.32 Å². The second kappa shape index (κ2) is 7.14. The first-order valence-corrected chi connectivity index (χ1v) is 7.89. The molecule has 0 aliphatic carbocycles. The van der Waals surface area contributed by atoms with Gasteiger partial charge in [0.2, 0.25) is 0 Å². The van der Waals surface area contributed by atoms with Gasteiger partial charge in [0.25, 0.3) is 0 Å². The van der Waals surface area contributed by atoms with Gasteiger partial charge in [0.15, 0.2) is 0 Å². The van der Waals surface area contributed by atoms with Crippen LogP contribution in [0.5, 0.6) is 0 Å². The molecule has 1 aliphatic rings. The molecule has 0 spiro atoms. The molecule has 1 aliphatic heterocycles. The Morgan fingerprint density at radius 1 is 1.20 bits per heavy atom. The number of rotatable bonds is 6. The van der Waals surface area contributed by atoms with Crippen LogP contribution in [0.3, 0.4) is 0 Å². The fourth-order valence-corrected chi connectivity index (χ4v) is 3.18. The Kier molecular flexibility index (Phi) is 5.49. The highest BCUT2D eigenvalue weighted by atomic mass is 15.2. The lowest BCUT2D eigenvalue weighted by atomic mass is 9.86. The molecule has 0 radical (unpaired) electrons. The fraction of sp³-hybridized carbons (Fsp3) is 0.750. The van der Waals surface area contributed by atoms with Crippen molar-refractivity contribution in [1.29, 1.82) is 0 Å². The van der Waals surface area contributed by atoms with E-state index in [0.29, 0.717) is 0 Å². The van der Waals surface area contributed by atoms with Gasteiger partial charge in [-0.05, 0) is 52.7 Å². The van der Waals surface area contributed by atoms with Crippen molar-refractivity contribution in [2.24, 2.45) is 0 Å². The smallest absolute Gasteiger partial charge is 0.115 e. The highest BCUT2D eigenvalue weighted by molar-refractivity contribution is 5.16. The highest BCUT2D eigenvalue weighted by Gasteiger charge is 2.36. The number of nitrogens with one attached hydrogen (secondary N) is 1. The van der Waals surface area contributed by atoms with Gasteiger partial charge in [0.05, 0.1) is 6.04 Å². The van der Waals surface area contributed by atoms with E-state index in [0.717, 1.165) is 13.0 Å². The number of aromatic nitrogens is 2. The average molecular weight is 276 g/mol. The first kappa shape index (κ1) is 15.4. The second-order valence-electron chi connectivity index (χ2n) is 6.26. The summed E-state index contributed by atoms with van der Waals surface area (Å²) in [6.45, 7) is 10.3. The van der Waals surface area contributed by atoms with Crippen LogP contribution in [-0.4, -0.2) is 40.0 Å². The summed E-state index contributed by atoms with van der Waals surface area (Å²) in [7, 11) is 0. The molecule has 1 aromatic heterocycles. The van der Waals surface area contributed by atoms with E-state index in [9.17, 15) is 0 Å². The van der Waals surface area contributed by atoms with Gasteiger partial charge in [-0.25, -0.2) is 9.97 Å². The Labute approximate surface area is 123 Å². The van der Waals surface area contributed by atoms with Gasteiger partial charge >= 0.3 is 0 Å². The average Bonchev–Trinajstić information content (AvgIpc) is 2.49. The van der Waals surface area contributed by atoms with Gasteiger partial charge in [-0.3, -0.25) is 4.90 Å². The molecular formula is C16H28N4. The lowest BCUT2D eigenvalue weighted by Gasteiger charge is -2.46. The first-order valence-electron chi connectivity index (χ1n) is 7.89. The standard InChI is InChI=1S/C16H28N4/c1-4-8-19-15(14-11-17-13-18-12-14)16(2,3)20-9-6-5-7-10-20/h11-13,15,19H,4-10H2,1-3H3. The lowest BCUT2D eigenvalue weighted by Crippen LogP contribution is -2.54. The van der Waals surface area contributed by atoms with Gasteiger partial charge in [-0.15, -0.1) is 0 Å². The molecule has 2 heterocycles. The molecular weight excluding hydrogens is 248 g/mol. The van der Waals surface area contributed by atoms with E-state index in [1.54, 1.807) is 6.33 Å². The quantitative estimate of drug-likeness (QED) is 0.867. The number of hydrogen-bond acceptors (Lipinski definition) is 4. The van der Waals surface area contributed by atoms with Gasteiger partial charge in [0, 0.05) is 23.5 Å². The van der Waals surface area contributed by atoms with Crippen molar-refractivity contribution in [2.45, 2.75) is 58.0 Å². The van der Waals surface area contributed by atoms with Gasteiger partial charge < -0.3 is 5.32 Å². The summed E-state index contributed by atoms with van der Waals surface area (Å²) in [5.41, 5.74) is 1.27. The van der Waals surface area contributed by atoms with Crippen molar-refractivity contribution in [3.8, 4) is 0 Å². The van der Waals surface area contributed by atoms with Crippen molar-refractivity contribution in [3.05, 3.63) is 24.3 Å². The van der Waals surface area contributed by atoms with E-state index in [2.05, 4.69) is 41.0 Å². The third-order valence-corrected chi connectivity index (χ3v) is 4.39. The van der Waals surface area contributed by atoms with Crippen molar-refractivity contribution in [3.63, 3.8) is 0 Å². The summed E-state index contributed by atoms with van der Waals surface area (Å²) in [6.07, 6.45) is 10.6. The van der Waals surface area contributed by atoms with Crippen LogP contribution in [0.15, 0.2) is 18.7 Å². The van der Waals surface area contributed by atoms with E-state index in [4.69, 9.17) is 0 Å². The van der Waals surface area contributed by atoms with E-state index < -0.39 is 0 Å². The van der Waals surface area contributed by atoms with Crippen LogP contribution in [0.25, 0.3) is 0 Å². The third-order valence-electron chi connectivity index (χ3n) is 4.39. The lowest BCUT2D eigenvalue weighted by molar-refractivity contribution is 0.0605. The Morgan fingerprint density at radius 3 is 2.45 bits per heavy atom. The van der Waals surface area contributed by atoms with E-state index in [1.165, 1.54) is 37.9 Å². The zero-order valence-electron chi connectivity index (χ0n) is 13.1. The van der Waals surface area contributed by atoms with Crippen LogP contribution in [0.2, 0.25) is 0 Å². The van der Waals surface area contributed by atoms with Gasteiger partial charge in [0.1, 0.15) is 6.33 Å². The number of likely N-dealkylation sites (tertiary alicyclic amines) is 1. The molecule has 0 amide bonds. The summed E-state index contributed by atoms with van der Waals surface area (Å²) in [5, 5.41) is 3.70. The molecule has 0 saturated carbocycles. The van der Waals surface area contributed by atoms with E-state index >= 15 is 0 Å². The molecule has 0 bridgehead atoms. The first-order chi connectivity index (χ1) is 9.66. The number of hydrogen-bond donors (Lipinski definition) is 1.